The normalized spacial score (nSPS) is 14.6. The van der Waals surface area contributed by atoms with Crippen LogP contribution in [0, 0.1) is 5.92 Å². The van der Waals surface area contributed by atoms with Crippen molar-refractivity contribution in [2.75, 3.05) is 12.3 Å². The van der Waals surface area contributed by atoms with Crippen LogP contribution in [-0.4, -0.2) is 25.5 Å². The van der Waals surface area contributed by atoms with Crippen LogP contribution in [0.1, 0.15) is 33.6 Å². The lowest BCUT2D eigenvalue weighted by Crippen LogP contribution is -2.32. The molecule has 0 aliphatic rings. The van der Waals surface area contributed by atoms with Crippen LogP contribution in [0.5, 0.6) is 0 Å². The van der Waals surface area contributed by atoms with Crippen molar-refractivity contribution in [2.45, 2.75) is 38.4 Å². The van der Waals surface area contributed by atoms with Crippen LogP contribution in [0.2, 0.25) is 0 Å². The summed E-state index contributed by atoms with van der Waals surface area (Å²) in [5.74, 6) is 0.381. The zero-order chi connectivity index (χ0) is 11.2. The van der Waals surface area contributed by atoms with E-state index in [0.29, 0.717) is 6.54 Å². The van der Waals surface area contributed by atoms with Gasteiger partial charge in [-0.05, 0) is 12.3 Å². The molecule has 0 aliphatic heterocycles. The average Bonchev–Trinajstić information content (AvgIpc) is 1.99. The summed E-state index contributed by atoms with van der Waals surface area (Å²) < 4.78 is 25.4. The Labute approximate surface area is 95.8 Å². The van der Waals surface area contributed by atoms with E-state index in [0.717, 1.165) is 12.8 Å². The van der Waals surface area contributed by atoms with Gasteiger partial charge in [-0.25, -0.2) is 13.1 Å². The molecule has 0 heterocycles. The largest absolute Gasteiger partial charge is 0.214 e. The van der Waals surface area contributed by atoms with Crippen LogP contribution < -0.4 is 4.72 Å². The van der Waals surface area contributed by atoms with Gasteiger partial charge >= 0.3 is 0 Å². The maximum Gasteiger partial charge on any atom is 0.211 e. The third kappa shape index (κ3) is 7.76. The number of sulfonamides is 1. The van der Waals surface area contributed by atoms with Gasteiger partial charge in [0.2, 0.25) is 10.0 Å². The first kappa shape index (κ1) is 14.4. The van der Waals surface area contributed by atoms with Gasteiger partial charge in [0.05, 0.1) is 5.75 Å². The number of halogens is 1. The molecule has 0 aliphatic carbocycles. The Hall–Kier alpha value is 0.390. The van der Waals surface area contributed by atoms with E-state index in [1.54, 1.807) is 0 Å². The molecule has 0 aromatic rings. The molecular weight excluding hydrogens is 266 g/mol. The molecule has 3 nitrogen and oxygen atoms in total. The molecule has 0 saturated heterocycles. The van der Waals surface area contributed by atoms with Gasteiger partial charge in [-0.2, -0.15) is 0 Å². The molecule has 0 bridgehead atoms. The van der Waals surface area contributed by atoms with Gasteiger partial charge in [-0.3, -0.25) is 0 Å². The summed E-state index contributed by atoms with van der Waals surface area (Å²) in [5, 5.41) is 0. The number of nitrogens with one attached hydrogen (secondary N) is 1. The van der Waals surface area contributed by atoms with Crippen molar-refractivity contribution in [1.29, 1.82) is 0 Å². The maximum atomic E-state index is 11.4. The SMILES string of the molecule is CCCC(Br)CNS(=O)(=O)CC(C)C. The van der Waals surface area contributed by atoms with Gasteiger partial charge in [0.25, 0.3) is 0 Å². The molecule has 0 fully saturated rings. The van der Waals surface area contributed by atoms with Gasteiger partial charge < -0.3 is 0 Å². The molecule has 14 heavy (non-hydrogen) atoms. The van der Waals surface area contributed by atoms with E-state index < -0.39 is 10.0 Å². The van der Waals surface area contributed by atoms with Gasteiger partial charge in [0, 0.05) is 11.4 Å². The van der Waals surface area contributed by atoms with Gasteiger partial charge in [0.15, 0.2) is 0 Å². The average molecular weight is 286 g/mol. The summed E-state index contributed by atoms with van der Waals surface area (Å²) >= 11 is 3.43. The summed E-state index contributed by atoms with van der Waals surface area (Å²) in [6, 6.07) is 0. The Morgan fingerprint density at radius 1 is 1.36 bits per heavy atom. The Bertz CT molecular complexity index is 239. The fraction of sp³-hybridized carbons (Fsp3) is 1.00. The highest BCUT2D eigenvalue weighted by Gasteiger charge is 2.13. The lowest BCUT2D eigenvalue weighted by atomic mass is 10.2. The minimum atomic E-state index is -3.07. The monoisotopic (exact) mass is 285 g/mol. The molecule has 0 aromatic heterocycles. The molecule has 5 heteroatoms. The van der Waals surface area contributed by atoms with Crippen LogP contribution in [0.15, 0.2) is 0 Å². The van der Waals surface area contributed by atoms with Crippen LogP contribution in [0.3, 0.4) is 0 Å². The van der Waals surface area contributed by atoms with E-state index in [9.17, 15) is 8.42 Å². The van der Waals surface area contributed by atoms with Crippen molar-refractivity contribution in [3.63, 3.8) is 0 Å². The van der Waals surface area contributed by atoms with E-state index in [-0.39, 0.29) is 16.5 Å². The first-order chi connectivity index (χ1) is 6.37. The Morgan fingerprint density at radius 2 is 1.93 bits per heavy atom. The zero-order valence-corrected chi connectivity index (χ0v) is 11.5. The lowest BCUT2D eigenvalue weighted by Gasteiger charge is -2.11. The summed E-state index contributed by atoms with van der Waals surface area (Å²) in [4.78, 5) is 0.245. The van der Waals surface area contributed by atoms with Crippen LogP contribution in [0.4, 0.5) is 0 Å². The first-order valence-corrected chi connectivity index (χ1v) is 7.55. The fourth-order valence-electron chi connectivity index (χ4n) is 1.13. The molecule has 1 unspecified atom stereocenters. The van der Waals surface area contributed by atoms with Crippen LogP contribution in [-0.2, 0) is 10.0 Å². The third-order valence-electron chi connectivity index (χ3n) is 1.68. The van der Waals surface area contributed by atoms with Gasteiger partial charge in [-0.1, -0.05) is 43.1 Å². The molecule has 1 atom stereocenters. The summed E-state index contributed by atoms with van der Waals surface area (Å²) in [5.41, 5.74) is 0. The molecule has 0 spiro atoms. The molecule has 1 N–H and O–H groups in total. The summed E-state index contributed by atoms with van der Waals surface area (Å²) in [7, 11) is -3.07. The lowest BCUT2D eigenvalue weighted by molar-refractivity contribution is 0.565. The van der Waals surface area contributed by atoms with Crippen molar-refractivity contribution in [1.82, 2.24) is 4.72 Å². The molecule has 0 rings (SSSR count). The Morgan fingerprint density at radius 3 is 2.36 bits per heavy atom. The topological polar surface area (TPSA) is 46.2 Å². The highest BCUT2D eigenvalue weighted by atomic mass is 79.9. The number of rotatable bonds is 7. The molecule has 0 aromatic carbocycles. The van der Waals surface area contributed by atoms with E-state index >= 15 is 0 Å². The predicted octanol–water partition coefficient (Wildman–Crippen LogP) is 2.13. The van der Waals surface area contributed by atoms with Gasteiger partial charge in [-0.15, -0.1) is 0 Å². The second-order valence-electron chi connectivity index (χ2n) is 3.91. The highest BCUT2D eigenvalue weighted by Crippen LogP contribution is 2.07. The summed E-state index contributed by atoms with van der Waals surface area (Å²) in [6.07, 6.45) is 2.05. The minimum absolute atomic E-state index is 0.174. The highest BCUT2D eigenvalue weighted by molar-refractivity contribution is 9.09. The Kier molecular flexibility index (Phi) is 6.99. The second-order valence-corrected chi connectivity index (χ2v) is 7.06. The third-order valence-corrected chi connectivity index (χ3v) is 4.17. The standard InChI is InChI=1S/C9H20BrNO2S/c1-4-5-9(10)6-11-14(12,13)7-8(2)3/h8-9,11H,4-7H2,1-3H3. The maximum absolute atomic E-state index is 11.4. The van der Waals surface area contributed by atoms with Crippen LogP contribution >= 0.6 is 15.9 Å². The van der Waals surface area contributed by atoms with E-state index in [2.05, 4.69) is 27.6 Å². The van der Waals surface area contributed by atoms with E-state index in [1.807, 2.05) is 13.8 Å². The number of alkyl halides is 1. The zero-order valence-electron chi connectivity index (χ0n) is 9.09. The van der Waals surface area contributed by atoms with Crippen molar-refractivity contribution in [3.8, 4) is 0 Å². The molecular formula is C9H20BrNO2S. The predicted molar refractivity (Wildman–Crippen MR) is 64.3 cm³/mol. The fourth-order valence-corrected chi connectivity index (χ4v) is 3.42. The first-order valence-electron chi connectivity index (χ1n) is 4.98. The van der Waals surface area contributed by atoms with Crippen molar-refractivity contribution in [3.05, 3.63) is 0 Å². The summed E-state index contributed by atoms with van der Waals surface area (Å²) in [6.45, 7) is 6.37. The number of hydrogen-bond donors (Lipinski definition) is 1. The quantitative estimate of drug-likeness (QED) is 0.729. The molecule has 0 saturated carbocycles. The van der Waals surface area contributed by atoms with Gasteiger partial charge in [0.1, 0.15) is 0 Å². The molecule has 86 valence electrons. The van der Waals surface area contributed by atoms with Crippen molar-refractivity contribution < 1.29 is 8.42 Å². The Balaban J connectivity index is 3.87. The smallest absolute Gasteiger partial charge is 0.211 e. The molecule has 0 amide bonds. The van der Waals surface area contributed by atoms with Crippen LogP contribution in [0.25, 0.3) is 0 Å². The van der Waals surface area contributed by atoms with Crippen molar-refractivity contribution >= 4 is 26.0 Å². The minimum Gasteiger partial charge on any atom is -0.214 e. The van der Waals surface area contributed by atoms with Crippen molar-refractivity contribution in [2.24, 2.45) is 5.92 Å². The van der Waals surface area contributed by atoms with E-state index in [1.165, 1.54) is 0 Å². The second kappa shape index (κ2) is 6.80. The number of hydrogen-bond acceptors (Lipinski definition) is 2. The molecule has 0 radical (unpaired) electrons. The van der Waals surface area contributed by atoms with E-state index in [4.69, 9.17) is 0 Å².